The van der Waals surface area contributed by atoms with E-state index < -0.39 is 0 Å². The first-order valence-electron chi connectivity index (χ1n) is 5.89. The van der Waals surface area contributed by atoms with Crippen molar-refractivity contribution in [1.29, 1.82) is 0 Å². The molecule has 0 spiro atoms. The summed E-state index contributed by atoms with van der Waals surface area (Å²) in [6.45, 7) is 12.7. The quantitative estimate of drug-likeness (QED) is 0.664. The molecule has 0 radical (unpaired) electrons. The van der Waals surface area contributed by atoms with E-state index in [1.165, 1.54) is 33.2 Å². The number of aromatic nitrogens is 1. The van der Waals surface area contributed by atoms with Crippen LogP contribution in [0, 0.1) is 41.5 Å². The Balaban J connectivity index is 3.15. The van der Waals surface area contributed by atoms with Gasteiger partial charge in [0.15, 0.2) is 1.41 Å². The van der Waals surface area contributed by atoms with Crippen LogP contribution in [0.4, 0.5) is 0 Å². The zero-order valence-corrected chi connectivity index (χ0v) is 10.4. The van der Waals surface area contributed by atoms with Crippen molar-refractivity contribution in [3.63, 3.8) is 0 Å². The summed E-state index contributed by atoms with van der Waals surface area (Å²) < 4.78 is 8.13. The number of fused-ring (bicyclic) bond motifs is 1. The fourth-order valence-corrected chi connectivity index (χ4v) is 2.32. The highest BCUT2D eigenvalue weighted by molar-refractivity contribution is 5.92. The average molecular weight is 202 g/mol. The number of hydrogen-bond acceptors (Lipinski definition) is 0. The van der Waals surface area contributed by atoms with E-state index >= 15 is 0 Å². The zero-order chi connectivity index (χ0) is 12.2. The number of rotatable bonds is 0. The molecule has 1 aromatic carbocycles. The molecule has 0 aliphatic rings. The molecular formula is C14H19N. The van der Waals surface area contributed by atoms with Gasteiger partial charge in [0.2, 0.25) is 0 Å². The molecule has 0 aliphatic carbocycles. The van der Waals surface area contributed by atoms with Crippen LogP contribution in [0.15, 0.2) is 0 Å². The molecule has 15 heavy (non-hydrogen) atoms. The Labute approximate surface area is 93.0 Å². The molecule has 0 atom stereocenters. The first-order chi connectivity index (χ1) is 7.37. The molecule has 0 aliphatic heterocycles. The van der Waals surface area contributed by atoms with Crippen LogP contribution >= 0.6 is 0 Å². The molecule has 1 heterocycles. The second kappa shape index (κ2) is 3.13. The minimum atomic E-state index is 1.05. The van der Waals surface area contributed by atoms with Crippen molar-refractivity contribution in [3.8, 4) is 0 Å². The van der Waals surface area contributed by atoms with Crippen LogP contribution in [0.1, 0.15) is 33.5 Å². The highest BCUT2D eigenvalue weighted by Crippen LogP contribution is 2.32. The van der Waals surface area contributed by atoms with Crippen LogP contribution in [0.2, 0.25) is 1.41 Å². The van der Waals surface area contributed by atoms with Gasteiger partial charge in [0.05, 0.1) is 0 Å². The van der Waals surface area contributed by atoms with Crippen LogP contribution in [-0.2, 0) is 0 Å². The fraction of sp³-hybridized carbons (Fsp3) is 0.429. The molecule has 0 saturated carbocycles. The fourth-order valence-electron chi connectivity index (χ4n) is 2.32. The lowest BCUT2D eigenvalue weighted by atomic mass is 9.94. The predicted molar refractivity (Wildman–Crippen MR) is 66.7 cm³/mol. The SMILES string of the molecule is [2H]n1c(C)c(C)c2c(C)c(C)c(C)c(C)c21. The Morgan fingerprint density at radius 3 is 1.87 bits per heavy atom. The first-order valence-corrected chi connectivity index (χ1v) is 5.45. The average Bonchev–Trinajstić information content (AvgIpc) is 2.48. The van der Waals surface area contributed by atoms with E-state index in [0.29, 0.717) is 0 Å². The molecule has 80 valence electrons. The molecule has 1 nitrogen and oxygen atoms in total. The summed E-state index contributed by atoms with van der Waals surface area (Å²) in [6, 6.07) is 0. The van der Waals surface area contributed by atoms with E-state index in [9.17, 15) is 0 Å². The largest absolute Gasteiger partial charge is 0.358 e. The van der Waals surface area contributed by atoms with Crippen molar-refractivity contribution < 1.29 is 1.41 Å². The van der Waals surface area contributed by atoms with Gasteiger partial charge in [-0.2, -0.15) is 0 Å². The topological polar surface area (TPSA) is 15.8 Å². The van der Waals surface area contributed by atoms with Crippen molar-refractivity contribution >= 4 is 10.9 Å². The molecule has 1 heteroatoms. The van der Waals surface area contributed by atoms with Crippen molar-refractivity contribution in [3.05, 3.63) is 33.5 Å². The summed E-state index contributed by atoms with van der Waals surface area (Å²) >= 11 is 0. The Morgan fingerprint density at radius 2 is 1.27 bits per heavy atom. The highest BCUT2D eigenvalue weighted by atomic mass is 14.7. The summed E-state index contributed by atoms with van der Waals surface area (Å²) in [5.41, 5.74) is 8.61. The van der Waals surface area contributed by atoms with Gasteiger partial charge in [-0.1, -0.05) is 0 Å². The van der Waals surface area contributed by atoms with E-state index in [2.05, 4.69) is 34.6 Å². The van der Waals surface area contributed by atoms with E-state index in [1.54, 1.807) is 4.98 Å². The lowest BCUT2D eigenvalue weighted by Crippen LogP contribution is -1.93. The molecule has 0 fully saturated rings. The van der Waals surface area contributed by atoms with Gasteiger partial charge in [0.25, 0.3) is 0 Å². The van der Waals surface area contributed by atoms with E-state index in [4.69, 9.17) is 1.41 Å². The highest BCUT2D eigenvalue weighted by Gasteiger charge is 2.13. The number of aromatic amines is 1. The van der Waals surface area contributed by atoms with Gasteiger partial charge in [0, 0.05) is 16.6 Å². The van der Waals surface area contributed by atoms with Gasteiger partial charge in [-0.05, 0) is 69.4 Å². The number of aryl methyl sites for hydroxylation is 3. The minimum absolute atomic E-state index is 1.05. The maximum absolute atomic E-state index is 8.13. The lowest BCUT2D eigenvalue weighted by Gasteiger charge is -2.11. The van der Waals surface area contributed by atoms with Crippen LogP contribution in [-0.4, -0.2) is 4.98 Å². The number of nitrogens with one attached hydrogen (secondary N) is 1. The molecule has 1 aromatic heterocycles. The Morgan fingerprint density at radius 1 is 0.733 bits per heavy atom. The Kier molecular flexibility index (Phi) is 1.88. The predicted octanol–water partition coefficient (Wildman–Crippen LogP) is 4.02. The summed E-state index contributed by atoms with van der Waals surface area (Å²) in [6.07, 6.45) is 0. The number of H-pyrrole nitrogens is 1. The molecule has 2 rings (SSSR count). The van der Waals surface area contributed by atoms with E-state index in [-0.39, 0.29) is 0 Å². The zero-order valence-electron chi connectivity index (χ0n) is 11.4. The van der Waals surface area contributed by atoms with Crippen molar-refractivity contribution in [1.82, 2.24) is 4.98 Å². The number of benzene rings is 1. The third-order valence-corrected chi connectivity index (χ3v) is 3.85. The van der Waals surface area contributed by atoms with Crippen molar-refractivity contribution in [2.24, 2.45) is 0 Å². The van der Waals surface area contributed by atoms with Gasteiger partial charge < -0.3 is 4.98 Å². The van der Waals surface area contributed by atoms with Gasteiger partial charge in [-0.25, -0.2) is 0 Å². The maximum Gasteiger partial charge on any atom is 0.166 e. The Hall–Kier alpha value is -1.24. The third kappa shape index (κ3) is 1.22. The lowest BCUT2D eigenvalue weighted by molar-refractivity contribution is 1.22. The normalized spacial score (nSPS) is 12.3. The van der Waals surface area contributed by atoms with E-state index in [1.807, 2.05) is 6.92 Å². The molecule has 0 saturated heterocycles. The monoisotopic (exact) mass is 202 g/mol. The van der Waals surface area contributed by atoms with Crippen LogP contribution < -0.4 is 0 Å². The maximum atomic E-state index is 8.13. The van der Waals surface area contributed by atoms with Gasteiger partial charge in [0.1, 0.15) is 0 Å². The van der Waals surface area contributed by atoms with Crippen LogP contribution in [0.3, 0.4) is 0 Å². The van der Waals surface area contributed by atoms with Crippen LogP contribution in [0.25, 0.3) is 10.9 Å². The van der Waals surface area contributed by atoms with Gasteiger partial charge in [-0.15, -0.1) is 0 Å². The van der Waals surface area contributed by atoms with Gasteiger partial charge >= 0.3 is 0 Å². The Bertz CT molecular complexity index is 540. The number of hydrogen-bond donors (Lipinski definition) is 1. The van der Waals surface area contributed by atoms with Gasteiger partial charge in [-0.3, -0.25) is 0 Å². The first kappa shape index (κ1) is 9.02. The summed E-state index contributed by atoms with van der Waals surface area (Å²) in [5, 5.41) is 1.27. The van der Waals surface area contributed by atoms with E-state index in [0.717, 1.165) is 11.2 Å². The molecule has 0 bridgehead atoms. The second-order valence-corrected chi connectivity index (χ2v) is 4.55. The molecule has 0 amide bonds. The summed E-state index contributed by atoms with van der Waals surface area (Å²) in [4.78, 5) is 1.58. The smallest absolute Gasteiger partial charge is 0.166 e. The van der Waals surface area contributed by atoms with Crippen LogP contribution in [0.5, 0.6) is 0 Å². The van der Waals surface area contributed by atoms with Crippen molar-refractivity contribution in [2.75, 3.05) is 0 Å². The third-order valence-electron chi connectivity index (χ3n) is 3.85. The molecule has 1 N–H and O–H groups in total. The summed E-state index contributed by atoms with van der Waals surface area (Å²) in [5.74, 6) is 0. The van der Waals surface area contributed by atoms with Crippen molar-refractivity contribution in [2.45, 2.75) is 41.5 Å². The second-order valence-electron chi connectivity index (χ2n) is 4.55. The summed E-state index contributed by atoms with van der Waals surface area (Å²) in [7, 11) is 0. The molecule has 2 aromatic rings. The standard InChI is InChI=1S/C14H19N/c1-7-8(2)10(4)14-13(9(7)3)11(5)12(6)15-14/h15H,1-6H3/i/hD. The molecule has 0 unspecified atom stereocenters. The minimum Gasteiger partial charge on any atom is -0.358 e. The molecular weight excluding hydrogens is 182 g/mol.